The topological polar surface area (TPSA) is 101 Å². The second kappa shape index (κ2) is 4.60. The highest BCUT2D eigenvalue weighted by Gasteiger charge is 2.11. The average Bonchev–Trinajstić information content (AvgIpc) is 2.73. The van der Waals surface area contributed by atoms with Gasteiger partial charge in [-0.2, -0.15) is 0 Å². The van der Waals surface area contributed by atoms with Gasteiger partial charge in [-0.05, 0) is 12.1 Å². The van der Waals surface area contributed by atoms with E-state index >= 15 is 0 Å². The molecule has 0 bridgehead atoms. The van der Waals surface area contributed by atoms with Gasteiger partial charge in [-0.1, -0.05) is 0 Å². The summed E-state index contributed by atoms with van der Waals surface area (Å²) in [7, 11) is 0. The van der Waals surface area contributed by atoms with Crippen LogP contribution in [0, 0.1) is 6.92 Å². The predicted octanol–water partition coefficient (Wildman–Crippen LogP) is 1.08. The molecule has 0 saturated carbocycles. The van der Waals surface area contributed by atoms with E-state index in [2.05, 4.69) is 20.5 Å². The maximum Gasteiger partial charge on any atom is 0.339 e. The van der Waals surface area contributed by atoms with Crippen molar-refractivity contribution in [3.8, 4) is 0 Å². The lowest BCUT2D eigenvalue weighted by molar-refractivity contribution is 0.0697. The maximum absolute atomic E-state index is 10.9. The fourth-order valence-electron chi connectivity index (χ4n) is 1.29. The summed E-state index contributed by atoms with van der Waals surface area (Å²) in [6.45, 7) is 1.91. The van der Waals surface area contributed by atoms with Crippen LogP contribution in [0.1, 0.15) is 22.1 Å². The number of rotatable bonds is 4. The number of aryl methyl sites for hydroxylation is 1. The van der Waals surface area contributed by atoms with Crippen molar-refractivity contribution >= 4 is 11.8 Å². The summed E-state index contributed by atoms with van der Waals surface area (Å²) in [6, 6.07) is 3.03. The third-order valence-corrected chi connectivity index (χ3v) is 2.01. The number of carbonyl (C=O) groups is 1. The van der Waals surface area contributed by atoms with Crippen LogP contribution < -0.4 is 5.32 Å². The average molecular weight is 234 g/mol. The van der Waals surface area contributed by atoms with Gasteiger partial charge in [-0.25, -0.2) is 9.78 Å². The molecular weight excluding hydrogens is 224 g/mol. The Kier molecular flexibility index (Phi) is 2.99. The molecule has 2 heterocycles. The number of nitrogens with zero attached hydrogens (tertiary/aromatic N) is 3. The fourth-order valence-corrected chi connectivity index (χ4v) is 1.29. The molecule has 2 aromatic heterocycles. The quantitative estimate of drug-likeness (QED) is 0.816. The van der Waals surface area contributed by atoms with Crippen molar-refractivity contribution in [3.63, 3.8) is 0 Å². The van der Waals surface area contributed by atoms with Gasteiger partial charge in [-0.15, -0.1) is 10.2 Å². The van der Waals surface area contributed by atoms with E-state index in [4.69, 9.17) is 9.52 Å². The molecule has 0 spiro atoms. The van der Waals surface area contributed by atoms with E-state index in [1.165, 1.54) is 12.3 Å². The minimum Gasteiger partial charge on any atom is -0.478 e. The molecule has 2 N–H and O–H groups in total. The number of carboxylic acids is 1. The van der Waals surface area contributed by atoms with E-state index in [0.29, 0.717) is 11.8 Å². The van der Waals surface area contributed by atoms with Crippen LogP contribution in [0.15, 0.2) is 22.7 Å². The Morgan fingerprint density at radius 3 is 3.00 bits per heavy atom. The summed E-state index contributed by atoms with van der Waals surface area (Å²) in [5.41, 5.74) is 0.101. The van der Waals surface area contributed by atoms with Gasteiger partial charge in [0.05, 0.1) is 6.54 Å². The third-order valence-electron chi connectivity index (χ3n) is 2.01. The van der Waals surface area contributed by atoms with Crippen LogP contribution in [0.25, 0.3) is 0 Å². The van der Waals surface area contributed by atoms with Crippen LogP contribution >= 0.6 is 0 Å². The number of pyridine rings is 1. The molecular formula is C10H10N4O3. The molecule has 0 aliphatic heterocycles. The first-order chi connectivity index (χ1) is 8.16. The van der Waals surface area contributed by atoms with Crippen LogP contribution in [0.2, 0.25) is 0 Å². The molecule has 0 aliphatic carbocycles. The maximum atomic E-state index is 10.9. The molecule has 0 aromatic carbocycles. The summed E-state index contributed by atoms with van der Waals surface area (Å²) in [6.07, 6.45) is 1.51. The van der Waals surface area contributed by atoms with E-state index in [9.17, 15) is 4.79 Å². The van der Waals surface area contributed by atoms with Crippen LogP contribution in [0.4, 0.5) is 5.82 Å². The van der Waals surface area contributed by atoms with Crippen LogP contribution in [0.5, 0.6) is 0 Å². The van der Waals surface area contributed by atoms with Crippen molar-refractivity contribution in [3.05, 3.63) is 35.7 Å². The molecule has 0 saturated heterocycles. The fraction of sp³-hybridized carbons (Fsp3) is 0.200. The van der Waals surface area contributed by atoms with E-state index in [1.807, 2.05) is 0 Å². The Hall–Kier alpha value is -2.44. The number of hydrogen-bond donors (Lipinski definition) is 2. The third kappa shape index (κ3) is 2.57. The van der Waals surface area contributed by atoms with Gasteiger partial charge in [-0.3, -0.25) is 0 Å². The molecule has 0 fully saturated rings. The normalized spacial score (nSPS) is 10.2. The minimum atomic E-state index is -1.04. The molecule has 0 amide bonds. The van der Waals surface area contributed by atoms with Crippen molar-refractivity contribution in [2.75, 3.05) is 5.32 Å². The minimum absolute atomic E-state index is 0.101. The van der Waals surface area contributed by atoms with E-state index in [0.717, 1.165) is 0 Å². The predicted molar refractivity (Wildman–Crippen MR) is 57.6 cm³/mol. The molecule has 88 valence electrons. The second-order valence-electron chi connectivity index (χ2n) is 3.27. The van der Waals surface area contributed by atoms with Gasteiger partial charge in [0.1, 0.15) is 11.4 Å². The number of aromatic nitrogens is 3. The first-order valence-corrected chi connectivity index (χ1v) is 4.88. The lowest BCUT2D eigenvalue weighted by Crippen LogP contribution is -2.08. The van der Waals surface area contributed by atoms with Crippen LogP contribution in [0.3, 0.4) is 0 Å². The van der Waals surface area contributed by atoms with E-state index < -0.39 is 5.97 Å². The summed E-state index contributed by atoms with van der Waals surface area (Å²) in [5, 5.41) is 19.2. The highest BCUT2D eigenvalue weighted by Crippen LogP contribution is 2.12. The summed E-state index contributed by atoms with van der Waals surface area (Å²) >= 11 is 0. The molecule has 7 nitrogen and oxygen atoms in total. The first-order valence-electron chi connectivity index (χ1n) is 4.88. The van der Waals surface area contributed by atoms with Gasteiger partial charge >= 0.3 is 5.97 Å². The largest absolute Gasteiger partial charge is 0.478 e. The highest BCUT2D eigenvalue weighted by molar-refractivity contribution is 5.92. The lowest BCUT2D eigenvalue weighted by Gasteiger charge is -2.05. The Morgan fingerprint density at radius 1 is 1.53 bits per heavy atom. The molecule has 2 rings (SSSR count). The number of anilines is 1. The van der Waals surface area contributed by atoms with Crippen molar-refractivity contribution in [1.29, 1.82) is 0 Å². The van der Waals surface area contributed by atoms with Crippen molar-refractivity contribution in [1.82, 2.24) is 15.2 Å². The molecule has 2 aromatic rings. The van der Waals surface area contributed by atoms with E-state index in [1.54, 1.807) is 13.0 Å². The Bertz CT molecular complexity index is 538. The Labute approximate surface area is 96.5 Å². The lowest BCUT2D eigenvalue weighted by atomic mass is 10.2. The van der Waals surface area contributed by atoms with Gasteiger partial charge < -0.3 is 14.8 Å². The van der Waals surface area contributed by atoms with Crippen LogP contribution in [-0.2, 0) is 6.54 Å². The van der Waals surface area contributed by atoms with Crippen molar-refractivity contribution in [2.45, 2.75) is 13.5 Å². The van der Waals surface area contributed by atoms with Crippen LogP contribution in [-0.4, -0.2) is 26.3 Å². The molecule has 0 aliphatic rings. The zero-order chi connectivity index (χ0) is 12.3. The van der Waals surface area contributed by atoms with E-state index in [-0.39, 0.29) is 17.9 Å². The zero-order valence-corrected chi connectivity index (χ0v) is 9.04. The molecule has 0 unspecified atom stereocenters. The number of aromatic carboxylic acids is 1. The molecule has 17 heavy (non-hydrogen) atoms. The van der Waals surface area contributed by atoms with Gasteiger partial charge in [0.25, 0.3) is 0 Å². The number of hydrogen-bond acceptors (Lipinski definition) is 6. The first kappa shape index (κ1) is 11.1. The molecule has 0 radical (unpaired) electrons. The summed E-state index contributed by atoms with van der Waals surface area (Å²) < 4.78 is 5.15. The smallest absolute Gasteiger partial charge is 0.339 e. The summed E-state index contributed by atoms with van der Waals surface area (Å²) in [5.74, 6) is 0.0731. The molecule has 0 atom stereocenters. The number of nitrogens with one attached hydrogen (secondary N) is 1. The Morgan fingerprint density at radius 2 is 2.35 bits per heavy atom. The Balaban J connectivity index is 2.11. The van der Waals surface area contributed by atoms with Gasteiger partial charge in [0, 0.05) is 13.1 Å². The van der Waals surface area contributed by atoms with Crippen molar-refractivity contribution in [2.24, 2.45) is 0 Å². The highest BCUT2D eigenvalue weighted by atomic mass is 16.4. The zero-order valence-electron chi connectivity index (χ0n) is 9.04. The number of carboxylic acid groups (broad SMARTS) is 1. The van der Waals surface area contributed by atoms with Gasteiger partial charge in [0.15, 0.2) is 0 Å². The second-order valence-corrected chi connectivity index (χ2v) is 3.27. The SMILES string of the molecule is Cc1nnc(CNc2ncccc2C(=O)O)o1. The standard InChI is InChI=1S/C10H10N4O3/c1-6-13-14-8(17-6)5-12-9-7(10(15)16)3-2-4-11-9/h2-4H,5H2,1H3,(H,11,12)(H,15,16). The molecule has 7 heteroatoms. The monoisotopic (exact) mass is 234 g/mol. The van der Waals surface area contributed by atoms with Gasteiger partial charge in [0.2, 0.25) is 11.8 Å². The van der Waals surface area contributed by atoms with Crippen molar-refractivity contribution < 1.29 is 14.3 Å². The summed E-state index contributed by atoms with van der Waals surface area (Å²) in [4.78, 5) is 14.8.